The van der Waals surface area contributed by atoms with E-state index in [2.05, 4.69) is 43.0 Å². The van der Waals surface area contributed by atoms with Gasteiger partial charge in [0.15, 0.2) is 15.6 Å². The maximum Gasteiger partial charge on any atom is 0.302 e. The van der Waals surface area contributed by atoms with Crippen LogP contribution in [-0.2, 0) is 24.2 Å². The highest BCUT2D eigenvalue weighted by atomic mass is 35.5. The summed E-state index contributed by atoms with van der Waals surface area (Å²) in [6.45, 7) is 12.3. The third kappa shape index (κ3) is 13.1. The van der Waals surface area contributed by atoms with Crippen LogP contribution in [0.1, 0.15) is 65.5 Å². The van der Waals surface area contributed by atoms with Gasteiger partial charge in [-0.1, -0.05) is 72.6 Å². The van der Waals surface area contributed by atoms with Crippen LogP contribution in [0.4, 0.5) is 13.2 Å². The second kappa shape index (κ2) is 21.1. The molecule has 4 aromatic rings. The normalized spacial score (nSPS) is 15.8. The molecule has 11 nitrogen and oxygen atoms in total. The molecule has 0 unspecified atom stereocenters. The Bertz CT molecular complexity index is 2270. The van der Waals surface area contributed by atoms with E-state index in [1.807, 2.05) is 42.2 Å². The van der Waals surface area contributed by atoms with Crippen molar-refractivity contribution in [2.24, 2.45) is 0 Å². The van der Waals surface area contributed by atoms with E-state index in [9.17, 15) is 40.8 Å². The van der Waals surface area contributed by atoms with E-state index < -0.39 is 27.4 Å². The Kier molecular flexibility index (Phi) is 16.8. The van der Waals surface area contributed by atoms with E-state index in [0.717, 1.165) is 36.1 Å². The zero-order valence-electron chi connectivity index (χ0n) is 34.7. The zero-order valence-corrected chi connectivity index (χ0v) is 36.2. The van der Waals surface area contributed by atoms with Gasteiger partial charge in [0, 0.05) is 76.0 Å². The minimum Gasteiger partial charge on any atom is -0.378 e. The van der Waals surface area contributed by atoms with Crippen molar-refractivity contribution in [2.45, 2.75) is 57.4 Å². The van der Waals surface area contributed by atoms with Gasteiger partial charge in [0.25, 0.3) is 11.5 Å². The number of piperazine rings is 1. The van der Waals surface area contributed by atoms with E-state index >= 15 is 0 Å². The van der Waals surface area contributed by atoms with Crippen LogP contribution in [-0.4, -0.2) is 116 Å². The fraction of sp³-hybridized carbons (Fsp3) is 0.409. The summed E-state index contributed by atoms with van der Waals surface area (Å²) in [7, 11) is -3.41. The molecular formula is C44H52ClF3N4O7S. The number of nitrogens with zero attached hydrogens (tertiary/aromatic N) is 4. The number of alkyl halides is 2. The van der Waals surface area contributed by atoms with Crippen LogP contribution in [0.5, 0.6) is 0 Å². The zero-order chi connectivity index (χ0) is 44.4. The Balaban J connectivity index is 0.000000365. The smallest absolute Gasteiger partial charge is 0.302 e. The van der Waals surface area contributed by atoms with Gasteiger partial charge in [-0.2, -0.15) is 8.78 Å². The van der Waals surface area contributed by atoms with Crippen LogP contribution < -0.4 is 5.56 Å². The maximum absolute atomic E-state index is 14.1. The molecule has 2 aliphatic rings. The number of ether oxygens (including phenoxy) is 1. The molecule has 0 radical (unpaired) electrons. The fourth-order valence-electron chi connectivity index (χ4n) is 6.66. The van der Waals surface area contributed by atoms with Crippen LogP contribution in [0.2, 0.25) is 5.02 Å². The number of amides is 2. The summed E-state index contributed by atoms with van der Waals surface area (Å²) in [6, 6.07) is 24.4. The minimum atomic E-state index is -3.41. The SMILES string of the molecule is CC(=O)C(C)(F)F.CS(=O)(=O)c1ccccc1F.Cc1ccc([C@@H](C)[C@H](c2ccc(Cl)cc2)n2c(C)ccc(C(=O)N3CCN(CC(=O)N4CCOCC4)CC3)c2=O)cc1. The molecule has 6 rings (SSSR count). The molecule has 1 aromatic heterocycles. The number of aromatic nitrogens is 1. The van der Waals surface area contributed by atoms with Gasteiger partial charge >= 0.3 is 5.92 Å². The van der Waals surface area contributed by atoms with Crippen LogP contribution >= 0.6 is 11.6 Å². The Hall–Kier alpha value is -4.83. The highest BCUT2D eigenvalue weighted by Crippen LogP contribution is 2.35. The Morgan fingerprint density at radius 1 is 0.817 bits per heavy atom. The van der Waals surface area contributed by atoms with Gasteiger partial charge in [-0.05, 0) is 61.4 Å². The molecule has 0 spiro atoms. The van der Waals surface area contributed by atoms with Crippen molar-refractivity contribution in [3.05, 3.63) is 134 Å². The number of halogens is 4. The number of sulfone groups is 1. The summed E-state index contributed by atoms with van der Waals surface area (Å²) in [5.74, 6) is -5.16. The van der Waals surface area contributed by atoms with E-state index in [1.165, 1.54) is 23.8 Å². The number of morpholine rings is 1. The fourth-order valence-corrected chi connectivity index (χ4v) is 7.53. The summed E-state index contributed by atoms with van der Waals surface area (Å²) in [5, 5.41) is 0.624. The number of aryl methyl sites for hydroxylation is 2. The third-order valence-electron chi connectivity index (χ3n) is 10.4. The van der Waals surface area contributed by atoms with Gasteiger partial charge in [0.05, 0.1) is 25.8 Å². The lowest BCUT2D eigenvalue weighted by Crippen LogP contribution is -2.53. The van der Waals surface area contributed by atoms with E-state index in [4.69, 9.17) is 16.3 Å². The number of pyridine rings is 1. The molecule has 2 fully saturated rings. The summed E-state index contributed by atoms with van der Waals surface area (Å²) >= 11 is 6.22. The number of carbonyl (C=O) groups is 3. The summed E-state index contributed by atoms with van der Waals surface area (Å²) < 4.78 is 64.4. The standard InChI is InChI=1S/C33H39ClN4O4.C7H7FO2S.C4H6F2O/c1-23-4-7-26(8-5-23)25(3)31(27-9-11-28(34)12-10-27)38-24(2)6-13-29(33(38)41)32(40)37-16-14-35(15-17-37)22-30(39)36-18-20-42-21-19-36;1-11(9,10)7-5-3-2-4-6(7)8;1-3(7)4(2,5)6/h4-13,25,31H,14-22H2,1-3H3;2-5H,1H3;1-2H3/t25-,31-;;/m1../s1. The van der Waals surface area contributed by atoms with Crippen molar-refractivity contribution < 1.29 is 40.7 Å². The second-order valence-electron chi connectivity index (χ2n) is 15.0. The number of Topliss-reactive ketones (excluding diaryl/α,β-unsaturated/α-hetero) is 1. The minimum absolute atomic E-state index is 0.0546. The van der Waals surface area contributed by atoms with Gasteiger partial charge in [-0.15, -0.1) is 0 Å². The third-order valence-corrected chi connectivity index (χ3v) is 11.7. The topological polar surface area (TPSA) is 126 Å². The average Bonchev–Trinajstić information content (AvgIpc) is 3.20. The maximum atomic E-state index is 14.1. The molecule has 0 saturated carbocycles. The highest BCUT2D eigenvalue weighted by Gasteiger charge is 2.31. The van der Waals surface area contributed by atoms with Crippen LogP contribution in [0.25, 0.3) is 0 Å². The molecule has 2 amide bonds. The molecule has 324 valence electrons. The molecule has 3 heterocycles. The van der Waals surface area contributed by atoms with Crippen molar-refractivity contribution in [1.29, 1.82) is 0 Å². The summed E-state index contributed by atoms with van der Waals surface area (Å²) in [5.41, 5.74) is 3.85. The Morgan fingerprint density at radius 3 is 1.88 bits per heavy atom. The molecule has 2 aliphatic heterocycles. The summed E-state index contributed by atoms with van der Waals surface area (Å²) in [6.07, 6.45) is 0.978. The highest BCUT2D eigenvalue weighted by molar-refractivity contribution is 7.90. The molecule has 2 saturated heterocycles. The first-order valence-corrected chi connectivity index (χ1v) is 21.7. The number of carbonyl (C=O) groups excluding carboxylic acids is 3. The van der Waals surface area contributed by atoms with Crippen LogP contribution in [0, 0.1) is 19.7 Å². The molecule has 2 atom stereocenters. The summed E-state index contributed by atoms with van der Waals surface area (Å²) in [4.78, 5) is 55.7. The number of rotatable bonds is 9. The van der Waals surface area contributed by atoms with Gasteiger partial charge in [-0.25, -0.2) is 12.8 Å². The molecule has 16 heteroatoms. The first kappa shape index (κ1) is 47.8. The number of ketones is 1. The van der Waals surface area contributed by atoms with Gasteiger partial charge in [0.2, 0.25) is 5.91 Å². The van der Waals surface area contributed by atoms with Crippen molar-refractivity contribution in [1.82, 2.24) is 19.3 Å². The molecular weight excluding hydrogens is 821 g/mol. The Labute approximate surface area is 354 Å². The molecule has 3 aromatic carbocycles. The van der Waals surface area contributed by atoms with Gasteiger partial charge < -0.3 is 19.1 Å². The number of hydrogen-bond acceptors (Lipinski definition) is 8. The first-order chi connectivity index (χ1) is 28.2. The molecule has 0 bridgehead atoms. The second-order valence-corrected chi connectivity index (χ2v) is 17.4. The van der Waals surface area contributed by atoms with Gasteiger partial charge in [0.1, 0.15) is 16.3 Å². The number of benzene rings is 3. The first-order valence-electron chi connectivity index (χ1n) is 19.4. The lowest BCUT2D eigenvalue weighted by atomic mass is 9.87. The Morgan fingerprint density at radius 2 is 1.37 bits per heavy atom. The van der Waals surface area contributed by atoms with Crippen molar-refractivity contribution in [3.8, 4) is 0 Å². The van der Waals surface area contributed by atoms with E-state index in [0.29, 0.717) is 71.0 Å². The largest absolute Gasteiger partial charge is 0.378 e. The quantitative estimate of drug-likeness (QED) is 0.185. The monoisotopic (exact) mass is 872 g/mol. The van der Waals surface area contributed by atoms with Crippen molar-refractivity contribution >= 4 is 39.0 Å². The van der Waals surface area contributed by atoms with Crippen LogP contribution in [0.3, 0.4) is 0 Å². The lowest BCUT2D eigenvalue weighted by molar-refractivity contribution is -0.138. The average molecular weight is 873 g/mol. The van der Waals surface area contributed by atoms with E-state index in [1.54, 1.807) is 15.5 Å². The van der Waals surface area contributed by atoms with Crippen LogP contribution in [0.15, 0.2) is 94.6 Å². The molecule has 0 N–H and O–H groups in total. The van der Waals surface area contributed by atoms with Crippen molar-refractivity contribution in [2.75, 3.05) is 65.3 Å². The lowest BCUT2D eigenvalue weighted by Gasteiger charge is -2.36. The van der Waals surface area contributed by atoms with Gasteiger partial charge in [-0.3, -0.25) is 24.1 Å². The van der Waals surface area contributed by atoms with Crippen molar-refractivity contribution in [3.63, 3.8) is 0 Å². The molecule has 0 aliphatic carbocycles. The molecule has 60 heavy (non-hydrogen) atoms. The number of hydrogen-bond donors (Lipinski definition) is 0. The predicted octanol–water partition coefficient (Wildman–Crippen LogP) is 6.59. The predicted molar refractivity (Wildman–Crippen MR) is 225 cm³/mol. The van der Waals surface area contributed by atoms with E-state index in [-0.39, 0.29) is 39.8 Å².